The van der Waals surface area contributed by atoms with Gasteiger partial charge in [0.25, 0.3) is 0 Å². The van der Waals surface area contributed by atoms with E-state index in [1.807, 2.05) is 4.57 Å². The number of amides is 1. The van der Waals surface area contributed by atoms with Gasteiger partial charge in [-0.15, -0.1) is 0 Å². The zero-order valence-corrected chi connectivity index (χ0v) is 17.5. The van der Waals surface area contributed by atoms with Crippen molar-refractivity contribution in [1.29, 1.82) is 0 Å². The van der Waals surface area contributed by atoms with Crippen molar-refractivity contribution in [1.82, 2.24) is 9.99 Å². The van der Waals surface area contributed by atoms with E-state index in [0.717, 1.165) is 17.2 Å². The maximum Gasteiger partial charge on any atom is 0.460 e. The minimum Gasteiger partial charge on any atom is -0.340 e. The van der Waals surface area contributed by atoms with Gasteiger partial charge in [0.15, 0.2) is 0 Å². The van der Waals surface area contributed by atoms with Crippen LogP contribution in [0.1, 0.15) is 16.8 Å². The van der Waals surface area contributed by atoms with Crippen molar-refractivity contribution in [3.8, 4) is 0 Å². The first-order valence-corrected chi connectivity index (χ1v) is 9.64. The van der Waals surface area contributed by atoms with Crippen molar-refractivity contribution in [3.63, 3.8) is 0 Å². The lowest BCUT2D eigenvalue weighted by Gasteiger charge is -2.26. The molecule has 33 heavy (non-hydrogen) atoms. The van der Waals surface area contributed by atoms with E-state index in [4.69, 9.17) is 11.6 Å². The Morgan fingerprint density at radius 3 is 2.27 bits per heavy atom. The van der Waals surface area contributed by atoms with E-state index < -0.39 is 23.9 Å². The molecule has 0 spiro atoms. The lowest BCUT2D eigenvalue weighted by molar-refractivity contribution is -0.344. The third kappa shape index (κ3) is 4.41. The molecule has 1 amide bonds. The largest absolute Gasteiger partial charge is 0.460 e. The number of hydrazone groups is 1. The Balaban J connectivity index is 1.92. The molecule has 0 aliphatic carbocycles. The standard InChI is InChI=1S/C21H15ClF7N3O/c1-12-15(10-30-31-18(33)19(23,24)20(25,26)21(27,28)29)14-7-3-5-9-17(14)32(12)11-13-6-2-4-8-16(13)22/h2-10H,11H2,1H3,(H,31,33)/b30-10-. The van der Waals surface area contributed by atoms with Gasteiger partial charge in [-0.2, -0.15) is 35.8 Å². The monoisotopic (exact) mass is 493 g/mol. The molecule has 3 rings (SSSR count). The first-order valence-electron chi connectivity index (χ1n) is 9.26. The molecule has 0 aliphatic rings. The molecule has 1 aromatic heterocycles. The minimum absolute atomic E-state index is 0.322. The lowest BCUT2D eigenvalue weighted by atomic mass is 10.1. The van der Waals surface area contributed by atoms with Gasteiger partial charge >= 0.3 is 23.9 Å². The number of hydrogen-bond acceptors (Lipinski definition) is 2. The molecule has 4 nitrogen and oxygen atoms in total. The van der Waals surface area contributed by atoms with Gasteiger partial charge in [-0.05, 0) is 24.6 Å². The molecule has 1 heterocycles. The Hall–Kier alpha value is -3.08. The Morgan fingerprint density at radius 1 is 1.03 bits per heavy atom. The zero-order valence-electron chi connectivity index (χ0n) is 16.7. The maximum atomic E-state index is 13.5. The number of rotatable bonds is 6. The van der Waals surface area contributed by atoms with Crippen LogP contribution in [-0.4, -0.2) is 34.7 Å². The van der Waals surface area contributed by atoms with Gasteiger partial charge in [0, 0.05) is 33.7 Å². The van der Waals surface area contributed by atoms with Crippen molar-refractivity contribution in [2.24, 2.45) is 5.10 Å². The summed E-state index contributed by atoms with van der Waals surface area (Å²) in [7, 11) is 0. The van der Waals surface area contributed by atoms with E-state index in [1.165, 1.54) is 0 Å². The molecule has 0 bridgehead atoms. The Morgan fingerprint density at radius 2 is 1.64 bits per heavy atom. The summed E-state index contributed by atoms with van der Waals surface area (Å²) in [5, 5.41) is 4.29. The first-order chi connectivity index (χ1) is 15.3. The molecular weight excluding hydrogens is 479 g/mol. The average molecular weight is 494 g/mol. The summed E-state index contributed by atoms with van der Waals surface area (Å²) >= 11 is 6.21. The van der Waals surface area contributed by atoms with E-state index in [-0.39, 0.29) is 0 Å². The number of hydrogen-bond donors (Lipinski definition) is 1. The van der Waals surface area contributed by atoms with E-state index in [0.29, 0.717) is 33.7 Å². The number of halogens is 8. The van der Waals surface area contributed by atoms with Crippen LogP contribution >= 0.6 is 11.6 Å². The van der Waals surface area contributed by atoms with Gasteiger partial charge in [0.2, 0.25) is 0 Å². The normalized spacial score (nSPS) is 13.1. The van der Waals surface area contributed by atoms with Crippen LogP contribution in [0.5, 0.6) is 0 Å². The molecule has 176 valence electrons. The predicted molar refractivity (Wildman–Crippen MR) is 109 cm³/mol. The van der Waals surface area contributed by atoms with Crippen molar-refractivity contribution >= 4 is 34.6 Å². The number of fused-ring (bicyclic) bond motifs is 1. The fourth-order valence-electron chi connectivity index (χ4n) is 3.17. The molecule has 0 saturated heterocycles. The molecule has 0 unspecified atom stereocenters. The number of nitrogens with zero attached hydrogens (tertiary/aromatic N) is 2. The van der Waals surface area contributed by atoms with Crippen molar-refractivity contribution in [2.45, 2.75) is 31.5 Å². The summed E-state index contributed by atoms with van der Waals surface area (Å²) < 4.78 is 91.6. The highest BCUT2D eigenvalue weighted by molar-refractivity contribution is 6.31. The van der Waals surface area contributed by atoms with Crippen LogP contribution < -0.4 is 5.43 Å². The SMILES string of the molecule is Cc1c(/C=N\NC(=O)C(F)(F)C(F)(F)C(F)(F)F)c2ccccc2n1Cc1ccccc1Cl. The molecule has 1 N–H and O–H groups in total. The second kappa shape index (κ2) is 8.69. The summed E-state index contributed by atoms with van der Waals surface area (Å²) in [5.41, 5.74) is 3.44. The summed E-state index contributed by atoms with van der Waals surface area (Å²) in [4.78, 5) is 11.4. The summed E-state index contributed by atoms with van der Waals surface area (Å²) in [5.74, 6) is -15.5. The number of alkyl halides is 7. The number of carbonyl (C=O) groups is 1. The van der Waals surface area contributed by atoms with Gasteiger partial charge in [-0.3, -0.25) is 4.79 Å². The van der Waals surface area contributed by atoms with Crippen LogP contribution in [0.25, 0.3) is 10.9 Å². The van der Waals surface area contributed by atoms with E-state index in [2.05, 4.69) is 5.10 Å². The van der Waals surface area contributed by atoms with Crippen LogP contribution in [0.4, 0.5) is 30.7 Å². The predicted octanol–water partition coefficient (Wildman–Crippen LogP) is 5.93. The van der Waals surface area contributed by atoms with E-state index in [9.17, 15) is 35.5 Å². The molecule has 12 heteroatoms. The van der Waals surface area contributed by atoms with Crippen LogP contribution in [0.15, 0.2) is 53.6 Å². The second-order valence-electron chi connectivity index (χ2n) is 7.04. The van der Waals surface area contributed by atoms with Crippen molar-refractivity contribution < 1.29 is 35.5 Å². The molecule has 2 aromatic carbocycles. The van der Waals surface area contributed by atoms with Crippen LogP contribution in [-0.2, 0) is 11.3 Å². The number of aromatic nitrogens is 1. The molecule has 3 aromatic rings. The third-order valence-corrected chi connectivity index (χ3v) is 5.33. The van der Waals surface area contributed by atoms with Gasteiger partial charge in [0.05, 0.1) is 6.21 Å². The number of carbonyl (C=O) groups excluding carboxylic acids is 1. The topological polar surface area (TPSA) is 46.4 Å². The highest BCUT2D eigenvalue weighted by Crippen LogP contribution is 2.46. The Kier molecular flexibility index (Phi) is 6.47. The van der Waals surface area contributed by atoms with Crippen LogP contribution in [0.3, 0.4) is 0 Å². The smallest absolute Gasteiger partial charge is 0.340 e. The van der Waals surface area contributed by atoms with Gasteiger partial charge in [0.1, 0.15) is 0 Å². The highest BCUT2D eigenvalue weighted by atomic mass is 35.5. The zero-order chi connectivity index (χ0) is 24.6. The fraction of sp³-hybridized carbons (Fsp3) is 0.238. The van der Waals surface area contributed by atoms with Crippen molar-refractivity contribution in [3.05, 3.63) is 70.4 Å². The van der Waals surface area contributed by atoms with E-state index in [1.54, 1.807) is 55.5 Å². The number of benzene rings is 2. The van der Waals surface area contributed by atoms with E-state index >= 15 is 0 Å². The number of nitrogens with one attached hydrogen (secondary N) is 1. The molecule has 0 fully saturated rings. The summed E-state index contributed by atoms with van der Waals surface area (Å²) in [6.45, 7) is 1.98. The number of para-hydroxylation sites is 1. The summed E-state index contributed by atoms with van der Waals surface area (Å²) in [6.07, 6.45) is -5.72. The molecule has 0 aliphatic heterocycles. The molecule has 0 radical (unpaired) electrons. The lowest BCUT2D eigenvalue weighted by Crippen LogP contribution is -2.58. The van der Waals surface area contributed by atoms with Gasteiger partial charge < -0.3 is 4.57 Å². The average Bonchev–Trinajstić information content (AvgIpc) is 3.00. The van der Waals surface area contributed by atoms with Gasteiger partial charge in [-0.1, -0.05) is 48.0 Å². The maximum absolute atomic E-state index is 13.5. The molecule has 0 atom stereocenters. The van der Waals surface area contributed by atoms with Gasteiger partial charge in [-0.25, -0.2) is 5.43 Å². The van der Waals surface area contributed by atoms with Crippen LogP contribution in [0, 0.1) is 6.92 Å². The van der Waals surface area contributed by atoms with Crippen LogP contribution in [0.2, 0.25) is 5.02 Å². The first kappa shape index (κ1) is 24.6. The Labute approximate surface area is 187 Å². The highest BCUT2D eigenvalue weighted by Gasteiger charge is 2.76. The third-order valence-electron chi connectivity index (χ3n) is 4.96. The molecular formula is C21H15ClF7N3O. The fourth-order valence-corrected chi connectivity index (χ4v) is 3.36. The second-order valence-corrected chi connectivity index (χ2v) is 7.45. The minimum atomic E-state index is -6.62. The summed E-state index contributed by atoms with van der Waals surface area (Å²) in [6, 6.07) is 13.9. The quantitative estimate of drug-likeness (QED) is 0.258. The van der Waals surface area contributed by atoms with Crippen molar-refractivity contribution in [2.75, 3.05) is 0 Å². The molecule has 0 saturated carbocycles. The Bertz CT molecular complexity index is 1220.